The molecule has 3 N–H and O–H groups in total. The zero-order valence-electron chi connectivity index (χ0n) is 10.4. The number of nitrogens with zero attached hydrogens (tertiary/aromatic N) is 2. The smallest absolute Gasteiger partial charge is 0.244 e. The van der Waals surface area contributed by atoms with Crippen LogP contribution in [-0.2, 0) is 9.53 Å². The van der Waals surface area contributed by atoms with Gasteiger partial charge >= 0.3 is 0 Å². The number of anilines is 2. The molecule has 98 valence electrons. The summed E-state index contributed by atoms with van der Waals surface area (Å²) in [6.45, 7) is 4.38. The summed E-state index contributed by atoms with van der Waals surface area (Å²) in [5.41, 5.74) is 6.39. The van der Waals surface area contributed by atoms with Gasteiger partial charge in [-0.05, 0) is 13.0 Å². The molecule has 6 heteroatoms. The van der Waals surface area contributed by atoms with Crippen molar-refractivity contribution in [2.45, 2.75) is 13.0 Å². The van der Waals surface area contributed by atoms with Gasteiger partial charge in [-0.2, -0.15) is 0 Å². The first-order valence-corrected chi connectivity index (χ1v) is 6.01. The number of pyridine rings is 1. The third kappa shape index (κ3) is 3.10. The quantitative estimate of drug-likeness (QED) is 0.807. The van der Waals surface area contributed by atoms with Crippen molar-refractivity contribution in [3.05, 3.63) is 18.3 Å². The van der Waals surface area contributed by atoms with Crippen molar-refractivity contribution < 1.29 is 9.53 Å². The molecule has 1 aromatic rings. The van der Waals surface area contributed by atoms with E-state index in [1.165, 1.54) is 0 Å². The molecule has 1 atom stereocenters. The lowest BCUT2D eigenvalue weighted by Crippen LogP contribution is -2.47. The third-order valence-electron chi connectivity index (χ3n) is 2.86. The van der Waals surface area contributed by atoms with Crippen molar-refractivity contribution in [3.8, 4) is 0 Å². The van der Waals surface area contributed by atoms with E-state index in [0.29, 0.717) is 32.1 Å². The van der Waals surface area contributed by atoms with Crippen LogP contribution in [0.15, 0.2) is 18.3 Å². The maximum atomic E-state index is 12.1. The van der Waals surface area contributed by atoms with Crippen LogP contribution in [-0.4, -0.2) is 48.1 Å². The molecule has 0 aromatic carbocycles. The van der Waals surface area contributed by atoms with Crippen molar-refractivity contribution in [1.82, 2.24) is 9.88 Å². The van der Waals surface area contributed by atoms with Crippen LogP contribution in [0.1, 0.15) is 6.92 Å². The van der Waals surface area contributed by atoms with Gasteiger partial charge in [-0.25, -0.2) is 4.98 Å². The van der Waals surface area contributed by atoms with Crippen molar-refractivity contribution in [1.29, 1.82) is 0 Å². The van der Waals surface area contributed by atoms with Gasteiger partial charge in [0, 0.05) is 31.0 Å². The minimum Gasteiger partial charge on any atom is -0.384 e. The van der Waals surface area contributed by atoms with Gasteiger partial charge in [0.15, 0.2) is 0 Å². The average Bonchev–Trinajstić information content (AvgIpc) is 2.39. The van der Waals surface area contributed by atoms with Crippen LogP contribution >= 0.6 is 0 Å². The lowest BCUT2D eigenvalue weighted by molar-refractivity contribution is -0.135. The standard InChI is InChI=1S/C12H18N4O2/c1-9(12(17)16-4-6-18-7-5-16)15-10-2-3-14-11(13)8-10/h2-3,8-9H,4-7H2,1H3,(H3,13,14,15). The van der Waals surface area contributed by atoms with Crippen LogP contribution in [0.3, 0.4) is 0 Å². The number of hydrogen-bond donors (Lipinski definition) is 2. The Morgan fingerprint density at radius 3 is 2.94 bits per heavy atom. The number of nitrogen functional groups attached to an aromatic ring is 1. The van der Waals surface area contributed by atoms with Crippen molar-refractivity contribution >= 4 is 17.4 Å². The van der Waals surface area contributed by atoms with Gasteiger partial charge in [-0.3, -0.25) is 4.79 Å². The van der Waals surface area contributed by atoms with Crippen LogP contribution in [0.2, 0.25) is 0 Å². The number of amides is 1. The number of rotatable bonds is 3. The van der Waals surface area contributed by atoms with Crippen LogP contribution in [0.25, 0.3) is 0 Å². The number of aromatic nitrogens is 1. The molecule has 0 aliphatic carbocycles. The average molecular weight is 250 g/mol. The number of hydrogen-bond acceptors (Lipinski definition) is 5. The van der Waals surface area contributed by atoms with E-state index >= 15 is 0 Å². The summed E-state index contributed by atoms with van der Waals surface area (Å²) in [6.07, 6.45) is 1.61. The summed E-state index contributed by atoms with van der Waals surface area (Å²) in [6, 6.07) is 3.22. The van der Waals surface area contributed by atoms with E-state index in [2.05, 4.69) is 10.3 Å². The van der Waals surface area contributed by atoms with E-state index in [4.69, 9.17) is 10.5 Å². The highest BCUT2D eigenvalue weighted by Crippen LogP contribution is 2.11. The fraction of sp³-hybridized carbons (Fsp3) is 0.500. The Morgan fingerprint density at radius 2 is 2.28 bits per heavy atom. The fourth-order valence-corrected chi connectivity index (χ4v) is 1.91. The second-order valence-corrected chi connectivity index (χ2v) is 4.27. The Labute approximate surface area is 106 Å². The van der Waals surface area contributed by atoms with Crippen LogP contribution in [0.5, 0.6) is 0 Å². The maximum absolute atomic E-state index is 12.1. The van der Waals surface area contributed by atoms with Gasteiger partial charge in [0.1, 0.15) is 11.9 Å². The van der Waals surface area contributed by atoms with Gasteiger partial charge in [0.05, 0.1) is 13.2 Å². The first kappa shape index (κ1) is 12.6. The highest BCUT2D eigenvalue weighted by Gasteiger charge is 2.22. The monoisotopic (exact) mass is 250 g/mol. The Hall–Kier alpha value is -1.82. The molecule has 18 heavy (non-hydrogen) atoms. The normalized spacial score (nSPS) is 17.3. The van der Waals surface area contributed by atoms with Crippen LogP contribution in [0.4, 0.5) is 11.5 Å². The lowest BCUT2D eigenvalue weighted by Gasteiger charge is -2.29. The number of nitrogens with two attached hydrogens (primary N) is 1. The molecule has 1 aliphatic rings. The van der Waals surface area contributed by atoms with Gasteiger partial charge in [0.2, 0.25) is 5.91 Å². The molecule has 1 unspecified atom stereocenters. The van der Waals surface area contributed by atoms with Crippen molar-refractivity contribution in [2.24, 2.45) is 0 Å². The van der Waals surface area contributed by atoms with E-state index in [-0.39, 0.29) is 11.9 Å². The molecule has 1 amide bonds. The summed E-state index contributed by atoms with van der Waals surface area (Å²) < 4.78 is 5.22. The van der Waals surface area contributed by atoms with Crippen LogP contribution < -0.4 is 11.1 Å². The summed E-state index contributed by atoms with van der Waals surface area (Å²) in [5, 5.41) is 3.13. The van der Waals surface area contributed by atoms with E-state index in [0.717, 1.165) is 5.69 Å². The van der Waals surface area contributed by atoms with E-state index < -0.39 is 0 Å². The van der Waals surface area contributed by atoms with Crippen molar-refractivity contribution in [3.63, 3.8) is 0 Å². The third-order valence-corrected chi connectivity index (χ3v) is 2.86. The van der Waals surface area contributed by atoms with Crippen molar-refractivity contribution in [2.75, 3.05) is 37.4 Å². The highest BCUT2D eigenvalue weighted by molar-refractivity contribution is 5.84. The van der Waals surface area contributed by atoms with Gasteiger partial charge in [-0.1, -0.05) is 0 Å². The Balaban J connectivity index is 1.94. The topological polar surface area (TPSA) is 80.5 Å². The molecule has 2 rings (SSSR count). The second kappa shape index (κ2) is 5.68. The lowest BCUT2D eigenvalue weighted by atomic mass is 10.2. The molecule has 1 saturated heterocycles. The molecule has 1 aromatic heterocycles. The Morgan fingerprint density at radius 1 is 1.56 bits per heavy atom. The zero-order valence-corrected chi connectivity index (χ0v) is 10.4. The molecule has 2 heterocycles. The largest absolute Gasteiger partial charge is 0.384 e. The van der Waals surface area contributed by atoms with E-state index in [1.807, 2.05) is 11.8 Å². The summed E-state index contributed by atoms with van der Waals surface area (Å²) >= 11 is 0. The molecule has 0 spiro atoms. The predicted molar refractivity (Wildman–Crippen MR) is 69.1 cm³/mol. The van der Waals surface area contributed by atoms with E-state index in [1.54, 1.807) is 18.3 Å². The predicted octanol–water partition coefficient (Wildman–Crippen LogP) is 0.323. The first-order valence-electron chi connectivity index (χ1n) is 6.01. The molecular weight excluding hydrogens is 232 g/mol. The van der Waals surface area contributed by atoms with Gasteiger partial charge in [-0.15, -0.1) is 0 Å². The molecule has 1 fully saturated rings. The number of carbonyl (C=O) groups is 1. The molecule has 6 nitrogen and oxygen atoms in total. The molecule has 0 saturated carbocycles. The molecular formula is C12H18N4O2. The SMILES string of the molecule is CC(Nc1ccnc(N)c1)C(=O)N1CCOCC1. The number of carbonyl (C=O) groups excluding carboxylic acids is 1. The second-order valence-electron chi connectivity index (χ2n) is 4.27. The summed E-state index contributed by atoms with van der Waals surface area (Å²) in [7, 11) is 0. The number of morpholine rings is 1. The van der Waals surface area contributed by atoms with Gasteiger partial charge in [0.25, 0.3) is 0 Å². The number of ether oxygens (including phenoxy) is 1. The summed E-state index contributed by atoms with van der Waals surface area (Å²) in [4.78, 5) is 17.9. The molecule has 0 radical (unpaired) electrons. The molecule has 1 aliphatic heterocycles. The summed E-state index contributed by atoms with van der Waals surface area (Å²) in [5.74, 6) is 0.514. The minimum atomic E-state index is -0.287. The Kier molecular flexibility index (Phi) is 3.99. The highest BCUT2D eigenvalue weighted by atomic mass is 16.5. The Bertz CT molecular complexity index is 418. The first-order chi connectivity index (χ1) is 8.66. The van der Waals surface area contributed by atoms with Crippen LogP contribution in [0, 0.1) is 0 Å². The zero-order chi connectivity index (χ0) is 13.0. The minimum absolute atomic E-state index is 0.0775. The number of nitrogens with one attached hydrogen (secondary N) is 1. The fourth-order valence-electron chi connectivity index (χ4n) is 1.91. The maximum Gasteiger partial charge on any atom is 0.244 e. The van der Waals surface area contributed by atoms with E-state index in [9.17, 15) is 4.79 Å². The van der Waals surface area contributed by atoms with Gasteiger partial charge < -0.3 is 20.7 Å². The molecule has 0 bridgehead atoms.